The molecule has 1 aromatic carbocycles. The highest BCUT2D eigenvalue weighted by atomic mass is 16.4. The minimum absolute atomic E-state index is 0.00703. The van der Waals surface area contributed by atoms with Gasteiger partial charge in [0.15, 0.2) is 5.78 Å². The number of nitrogens with two attached hydrogens (primary N) is 1. The van der Waals surface area contributed by atoms with E-state index in [0.717, 1.165) is 6.08 Å². The number of ketones is 2. The molecule has 2 aromatic rings. The number of hydrogen-bond donors (Lipinski definition) is 2. The number of Topliss-reactive ketones (excluding diaryl/α,β-unsaturated/α-hetero) is 1. The Labute approximate surface area is 137 Å². The van der Waals surface area contributed by atoms with Crippen molar-refractivity contribution in [2.75, 3.05) is 0 Å². The molecule has 1 aliphatic carbocycles. The van der Waals surface area contributed by atoms with Crippen molar-refractivity contribution >= 4 is 11.6 Å². The van der Waals surface area contributed by atoms with Gasteiger partial charge in [-0.2, -0.15) is 0 Å². The molecule has 0 unspecified atom stereocenters. The SMILES string of the molecule is Cc1cc(C)c(=O)oc1-c1c(O)c(C)cc2c1C(=O)C=C(N)C2=O. The molecule has 1 aliphatic rings. The lowest BCUT2D eigenvalue weighted by Crippen LogP contribution is -2.23. The molecule has 6 nitrogen and oxygen atoms in total. The quantitative estimate of drug-likeness (QED) is 0.831. The summed E-state index contributed by atoms with van der Waals surface area (Å²) in [6, 6.07) is 3.02. The molecule has 0 aliphatic heterocycles. The van der Waals surface area contributed by atoms with Crippen molar-refractivity contribution in [3.8, 4) is 17.1 Å². The summed E-state index contributed by atoms with van der Waals surface area (Å²) in [5.41, 5.74) is 6.33. The highest BCUT2D eigenvalue weighted by Gasteiger charge is 2.31. The second-order valence-corrected chi connectivity index (χ2v) is 5.86. The first-order valence-electron chi connectivity index (χ1n) is 7.26. The van der Waals surface area contributed by atoms with Crippen LogP contribution < -0.4 is 11.4 Å². The minimum Gasteiger partial charge on any atom is -0.507 e. The van der Waals surface area contributed by atoms with Gasteiger partial charge in [0.25, 0.3) is 0 Å². The minimum atomic E-state index is -0.574. The van der Waals surface area contributed by atoms with Gasteiger partial charge < -0.3 is 15.3 Å². The summed E-state index contributed by atoms with van der Waals surface area (Å²) in [6.45, 7) is 4.89. The first kappa shape index (κ1) is 15.7. The van der Waals surface area contributed by atoms with E-state index in [4.69, 9.17) is 10.2 Å². The van der Waals surface area contributed by atoms with Crippen LogP contribution in [0, 0.1) is 20.8 Å². The number of aromatic hydroxyl groups is 1. The first-order valence-corrected chi connectivity index (χ1v) is 7.26. The predicted molar refractivity (Wildman–Crippen MR) is 87.2 cm³/mol. The number of aryl methyl sites for hydroxylation is 3. The van der Waals surface area contributed by atoms with Crippen molar-refractivity contribution in [2.45, 2.75) is 20.8 Å². The van der Waals surface area contributed by atoms with Gasteiger partial charge in [-0.05, 0) is 44.0 Å². The molecule has 0 radical (unpaired) electrons. The lowest BCUT2D eigenvalue weighted by molar-refractivity contribution is 0.0983. The van der Waals surface area contributed by atoms with Crippen molar-refractivity contribution in [2.24, 2.45) is 5.73 Å². The van der Waals surface area contributed by atoms with Crippen LogP contribution in [0.3, 0.4) is 0 Å². The predicted octanol–water partition coefficient (Wildman–Crippen LogP) is 2.16. The highest BCUT2D eigenvalue weighted by Crippen LogP contribution is 2.40. The summed E-state index contributed by atoms with van der Waals surface area (Å²) in [7, 11) is 0. The van der Waals surface area contributed by atoms with Crippen LogP contribution >= 0.6 is 0 Å². The average molecular weight is 325 g/mol. The zero-order chi connectivity index (χ0) is 17.8. The highest BCUT2D eigenvalue weighted by molar-refractivity contribution is 6.26. The van der Waals surface area contributed by atoms with Gasteiger partial charge >= 0.3 is 5.63 Å². The van der Waals surface area contributed by atoms with Gasteiger partial charge in [-0.25, -0.2) is 4.79 Å². The first-order chi connectivity index (χ1) is 11.2. The molecule has 0 bridgehead atoms. The van der Waals surface area contributed by atoms with Crippen molar-refractivity contribution in [3.05, 3.63) is 62.1 Å². The second-order valence-electron chi connectivity index (χ2n) is 5.86. The Morgan fingerprint density at radius 1 is 0.958 bits per heavy atom. The topological polar surface area (TPSA) is 111 Å². The molecule has 3 N–H and O–H groups in total. The smallest absolute Gasteiger partial charge is 0.339 e. The zero-order valence-electron chi connectivity index (χ0n) is 13.4. The molecule has 0 atom stereocenters. The van der Waals surface area contributed by atoms with Gasteiger partial charge in [0, 0.05) is 22.8 Å². The summed E-state index contributed by atoms with van der Waals surface area (Å²) >= 11 is 0. The molecule has 3 rings (SSSR count). The van der Waals surface area contributed by atoms with Gasteiger partial charge in [0.05, 0.1) is 11.3 Å². The lowest BCUT2D eigenvalue weighted by Gasteiger charge is -2.19. The molecule has 122 valence electrons. The summed E-state index contributed by atoms with van der Waals surface area (Å²) in [6.07, 6.45) is 1.02. The Hall–Kier alpha value is -3.15. The maximum atomic E-state index is 12.4. The third-order valence-corrected chi connectivity index (χ3v) is 4.07. The van der Waals surface area contributed by atoms with Crippen LogP contribution in [0.4, 0.5) is 0 Å². The number of allylic oxidation sites excluding steroid dienone is 2. The molecule has 1 heterocycles. The van der Waals surface area contributed by atoms with Gasteiger partial charge in [0.2, 0.25) is 5.78 Å². The van der Waals surface area contributed by atoms with Crippen LogP contribution in [0.15, 0.2) is 33.1 Å². The molecule has 1 aromatic heterocycles. The van der Waals surface area contributed by atoms with E-state index in [2.05, 4.69) is 0 Å². The number of fused-ring (bicyclic) bond motifs is 1. The maximum Gasteiger partial charge on any atom is 0.339 e. The van der Waals surface area contributed by atoms with Gasteiger partial charge in [-0.3, -0.25) is 9.59 Å². The van der Waals surface area contributed by atoms with Crippen molar-refractivity contribution in [3.63, 3.8) is 0 Å². The summed E-state index contributed by atoms with van der Waals surface area (Å²) in [5.74, 6) is -1.16. The van der Waals surface area contributed by atoms with Crippen LogP contribution in [-0.2, 0) is 0 Å². The molecule has 6 heteroatoms. The van der Waals surface area contributed by atoms with E-state index < -0.39 is 17.2 Å². The largest absolute Gasteiger partial charge is 0.507 e. The van der Waals surface area contributed by atoms with Crippen LogP contribution in [0.1, 0.15) is 37.4 Å². The van der Waals surface area contributed by atoms with E-state index in [9.17, 15) is 19.5 Å². The molecular weight excluding hydrogens is 310 g/mol. The molecule has 0 saturated carbocycles. The summed E-state index contributed by atoms with van der Waals surface area (Å²) in [5, 5.41) is 10.5. The lowest BCUT2D eigenvalue weighted by atomic mass is 9.85. The molecule has 0 spiro atoms. The molecule has 0 amide bonds. The van der Waals surface area contributed by atoms with E-state index in [1.165, 1.54) is 6.07 Å². The van der Waals surface area contributed by atoms with Crippen LogP contribution in [0.25, 0.3) is 11.3 Å². The number of rotatable bonds is 1. The van der Waals surface area contributed by atoms with Gasteiger partial charge in [0.1, 0.15) is 11.5 Å². The van der Waals surface area contributed by atoms with E-state index in [1.54, 1.807) is 26.8 Å². The van der Waals surface area contributed by atoms with E-state index in [0.29, 0.717) is 16.7 Å². The van der Waals surface area contributed by atoms with E-state index in [-0.39, 0.29) is 33.9 Å². The normalized spacial score (nSPS) is 13.7. The zero-order valence-corrected chi connectivity index (χ0v) is 13.4. The number of benzene rings is 1. The fraction of sp³-hybridized carbons (Fsp3) is 0.167. The number of hydrogen-bond acceptors (Lipinski definition) is 6. The third kappa shape index (κ3) is 2.15. The van der Waals surface area contributed by atoms with Crippen molar-refractivity contribution in [1.82, 2.24) is 0 Å². The number of carbonyl (C=O) groups is 2. The monoisotopic (exact) mass is 325 g/mol. The van der Waals surface area contributed by atoms with E-state index in [1.807, 2.05) is 0 Å². The standard InChI is InChI=1S/C18H15NO5/c1-7-5-10-13(12(20)6-11(19)16(10)22)14(15(7)21)17-8(2)4-9(3)18(23)24-17/h4-6,21H,19H2,1-3H3. The fourth-order valence-corrected chi connectivity index (χ4v) is 2.85. The van der Waals surface area contributed by atoms with Crippen LogP contribution in [-0.4, -0.2) is 16.7 Å². The van der Waals surface area contributed by atoms with Crippen molar-refractivity contribution in [1.29, 1.82) is 0 Å². The Morgan fingerprint density at radius 3 is 2.29 bits per heavy atom. The third-order valence-electron chi connectivity index (χ3n) is 4.07. The van der Waals surface area contributed by atoms with E-state index >= 15 is 0 Å². The molecule has 0 fully saturated rings. The van der Waals surface area contributed by atoms with Gasteiger partial charge in [-0.1, -0.05) is 0 Å². The van der Waals surface area contributed by atoms with Gasteiger partial charge in [-0.15, -0.1) is 0 Å². The molecule has 24 heavy (non-hydrogen) atoms. The Bertz CT molecular complexity index is 1010. The van der Waals surface area contributed by atoms with Crippen LogP contribution in [0.2, 0.25) is 0 Å². The average Bonchev–Trinajstić information content (AvgIpc) is 2.51. The molecular formula is C18H15NO5. The summed E-state index contributed by atoms with van der Waals surface area (Å²) in [4.78, 5) is 36.6. The molecule has 0 saturated heterocycles. The fourth-order valence-electron chi connectivity index (χ4n) is 2.85. The number of carbonyl (C=O) groups excluding carboxylic acids is 2. The Morgan fingerprint density at radius 2 is 1.62 bits per heavy atom. The Balaban J connectivity index is 2.46. The van der Waals surface area contributed by atoms with Crippen molar-refractivity contribution < 1.29 is 19.1 Å². The number of phenolic OH excluding ortho intramolecular Hbond substituents is 1. The number of phenols is 1. The Kier molecular flexibility index (Phi) is 3.41. The maximum absolute atomic E-state index is 12.4. The second kappa shape index (κ2) is 5.19. The van der Waals surface area contributed by atoms with Crippen LogP contribution in [0.5, 0.6) is 5.75 Å². The summed E-state index contributed by atoms with van der Waals surface area (Å²) < 4.78 is 5.31.